The van der Waals surface area contributed by atoms with E-state index in [0.29, 0.717) is 17.1 Å². The van der Waals surface area contributed by atoms with Crippen LogP contribution in [0.4, 0.5) is 11.4 Å². The van der Waals surface area contributed by atoms with Gasteiger partial charge in [-0.15, -0.1) is 11.3 Å². The summed E-state index contributed by atoms with van der Waals surface area (Å²) < 4.78 is 5.44. The normalized spacial score (nSPS) is 18.0. The van der Waals surface area contributed by atoms with Gasteiger partial charge in [-0.2, -0.15) is 0 Å². The van der Waals surface area contributed by atoms with Crippen molar-refractivity contribution in [1.82, 2.24) is 0 Å². The molecule has 1 N–H and O–H groups in total. The first-order valence-corrected chi connectivity index (χ1v) is 12.2. The first kappa shape index (κ1) is 24.0. The second kappa shape index (κ2) is 10.4. The Morgan fingerprint density at radius 1 is 1.12 bits per heavy atom. The maximum Gasteiger partial charge on any atom is 0.311 e. The Morgan fingerprint density at radius 3 is 2.59 bits per heavy atom. The predicted octanol–water partition coefficient (Wildman–Crippen LogP) is 5.68. The highest BCUT2D eigenvalue weighted by molar-refractivity contribution is 7.10. The van der Waals surface area contributed by atoms with Crippen LogP contribution in [0.3, 0.4) is 0 Å². The van der Waals surface area contributed by atoms with Gasteiger partial charge in [0.25, 0.3) is 5.91 Å². The molecule has 1 aliphatic heterocycles. The quantitative estimate of drug-likeness (QED) is 0.445. The number of rotatable bonds is 6. The van der Waals surface area contributed by atoms with Gasteiger partial charge in [-0.05, 0) is 61.5 Å². The second-order valence-electron chi connectivity index (χ2n) is 8.27. The number of aryl methyl sites for hydroxylation is 1. The van der Waals surface area contributed by atoms with Gasteiger partial charge in [0.2, 0.25) is 5.91 Å². The number of nitrogens with one attached hydrogen (secondary N) is 1. The fourth-order valence-electron chi connectivity index (χ4n) is 4.11. The minimum atomic E-state index is -0.585. The Kier molecular flexibility index (Phi) is 7.34. The molecule has 0 radical (unpaired) electrons. The number of piperidine rings is 1. The number of hydrogen-bond donors (Lipinski definition) is 1. The van der Waals surface area contributed by atoms with Gasteiger partial charge in [0.15, 0.2) is 6.61 Å². The Balaban J connectivity index is 1.51. The van der Waals surface area contributed by atoms with Gasteiger partial charge in [-0.25, -0.2) is 0 Å². The van der Waals surface area contributed by atoms with Crippen molar-refractivity contribution in [2.45, 2.75) is 32.7 Å². The molecule has 0 bridgehead atoms. The summed E-state index contributed by atoms with van der Waals surface area (Å²) >= 11 is 7.60. The van der Waals surface area contributed by atoms with E-state index in [4.69, 9.17) is 16.3 Å². The standard InChI is InChI=1S/C26H25ClN2O4S/c1-16-8-10-18(11-9-16)29-24(31)13-12-19(25(29)22-7-4-14-34-22)26(32)33-15-23(30)28-21-6-3-5-20(27)17(21)2/h3-11,14,19,25H,12-13,15H2,1-2H3,(H,28,30)/t19-,25-/m1/s1. The van der Waals surface area contributed by atoms with Crippen LogP contribution < -0.4 is 10.2 Å². The summed E-state index contributed by atoms with van der Waals surface area (Å²) in [5.41, 5.74) is 3.12. The molecular weight excluding hydrogens is 472 g/mol. The van der Waals surface area contributed by atoms with E-state index in [-0.39, 0.29) is 12.3 Å². The average molecular weight is 497 g/mol. The lowest BCUT2D eigenvalue weighted by Gasteiger charge is -2.39. The molecule has 2 amide bonds. The summed E-state index contributed by atoms with van der Waals surface area (Å²) in [6, 6.07) is 16.2. The van der Waals surface area contributed by atoms with Crippen molar-refractivity contribution in [3.05, 3.63) is 81.0 Å². The number of ether oxygens (including phenoxy) is 1. The van der Waals surface area contributed by atoms with Gasteiger partial charge in [-0.3, -0.25) is 14.4 Å². The predicted molar refractivity (Wildman–Crippen MR) is 134 cm³/mol. The topological polar surface area (TPSA) is 75.7 Å². The van der Waals surface area contributed by atoms with Crippen molar-refractivity contribution in [1.29, 1.82) is 0 Å². The molecule has 176 valence electrons. The third-order valence-electron chi connectivity index (χ3n) is 5.93. The third kappa shape index (κ3) is 5.16. The summed E-state index contributed by atoms with van der Waals surface area (Å²) in [5.74, 6) is -1.58. The summed E-state index contributed by atoms with van der Waals surface area (Å²) in [5, 5.41) is 5.19. The summed E-state index contributed by atoms with van der Waals surface area (Å²) in [6.07, 6.45) is 0.584. The molecule has 2 aromatic carbocycles. The van der Waals surface area contributed by atoms with Crippen LogP contribution in [-0.2, 0) is 19.1 Å². The second-order valence-corrected chi connectivity index (χ2v) is 9.66. The molecule has 0 spiro atoms. The summed E-state index contributed by atoms with van der Waals surface area (Å²) in [6.45, 7) is 3.36. The van der Waals surface area contributed by atoms with Crippen molar-refractivity contribution < 1.29 is 19.1 Å². The SMILES string of the molecule is Cc1ccc(N2C(=O)CC[C@@H](C(=O)OCC(=O)Nc3cccc(Cl)c3C)[C@@H]2c2cccs2)cc1. The maximum absolute atomic E-state index is 13.2. The molecule has 6 nitrogen and oxygen atoms in total. The van der Waals surface area contributed by atoms with Gasteiger partial charge in [0.05, 0.1) is 12.0 Å². The lowest BCUT2D eigenvalue weighted by molar-refractivity contribution is -0.153. The van der Waals surface area contributed by atoms with Crippen LogP contribution in [0.2, 0.25) is 5.02 Å². The van der Waals surface area contributed by atoms with Crippen LogP contribution in [-0.4, -0.2) is 24.4 Å². The number of hydrogen-bond acceptors (Lipinski definition) is 5. The van der Waals surface area contributed by atoms with Gasteiger partial charge < -0.3 is 15.0 Å². The average Bonchev–Trinajstić information content (AvgIpc) is 3.36. The Morgan fingerprint density at radius 2 is 1.88 bits per heavy atom. The zero-order valence-electron chi connectivity index (χ0n) is 18.9. The van der Waals surface area contributed by atoms with Crippen LogP contribution in [0.1, 0.15) is 34.9 Å². The molecule has 2 heterocycles. The third-order valence-corrected chi connectivity index (χ3v) is 7.29. The minimum Gasteiger partial charge on any atom is -0.455 e. The van der Waals surface area contributed by atoms with Crippen LogP contribution in [0, 0.1) is 19.8 Å². The molecule has 2 atom stereocenters. The summed E-state index contributed by atoms with van der Waals surface area (Å²) in [4.78, 5) is 41.2. The molecule has 1 aliphatic rings. The van der Waals surface area contributed by atoms with Crippen LogP contribution in [0.25, 0.3) is 0 Å². The van der Waals surface area contributed by atoms with Gasteiger partial charge in [0, 0.05) is 27.7 Å². The Labute approximate surface area is 207 Å². The van der Waals surface area contributed by atoms with Crippen molar-refractivity contribution >= 4 is 52.1 Å². The highest BCUT2D eigenvalue weighted by Crippen LogP contribution is 2.42. The number of anilines is 2. The number of amides is 2. The molecule has 3 aromatic rings. The molecule has 34 heavy (non-hydrogen) atoms. The number of esters is 1. The monoisotopic (exact) mass is 496 g/mol. The first-order chi connectivity index (χ1) is 16.3. The Hall–Kier alpha value is -3.16. The molecule has 0 aliphatic carbocycles. The zero-order valence-corrected chi connectivity index (χ0v) is 20.5. The van der Waals surface area contributed by atoms with E-state index in [1.54, 1.807) is 30.0 Å². The van der Waals surface area contributed by atoms with E-state index in [0.717, 1.165) is 21.7 Å². The van der Waals surface area contributed by atoms with Crippen LogP contribution in [0.15, 0.2) is 60.0 Å². The molecule has 0 unspecified atom stereocenters. The largest absolute Gasteiger partial charge is 0.455 e. The number of carbonyl (C=O) groups is 3. The zero-order chi connectivity index (χ0) is 24.2. The van der Waals surface area contributed by atoms with E-state index in [1.165, 1.54) is 11.3 Å². The number of halogens is 1. The fraction of sp³-hybridized carbons (Fsp3) is 0.269. The van der Waals surface area contributed by atoms with Crippen LogP contribution >= 0.6 is 22.9 Å². The molecule has 8 heteroatoms. The number of carbonyl (C=O) groups excluding carboxylic acids is 3. The molecule has 0 saturated carbocycles. The van der Waals surface area contributed by atoms with E-state index >= 15 is 0 Å². The van der Waals surface area contributed by atoms with E-state index in [9.17, 15) is 14.4 Å². The van der Waals surface area contributed by atoms with Crippen molar-refractivity contribution in [3.63, 3.8) is 0 Å². The number of nitrogens with zero attached hydrogens (tertiary/aromatic N) is 1. The minimum absolute atomic E-state index is 0.0412. The van der Waals surface area contributed by atoms with E-state index in [1.807, 2.05) is 48.7 Å². The van der Waals surface area contributed by atoms with Crippen molar-refractivity contribution in [3.8, 4) is 0 Å². The fourth-order valence-corrected chi connectivity index (χ4v) is 5.16. The molecule has 1 saturated heterocycles. The summed E-state index contributed by atoms with van der Waals surface area (Å²) in [7, 11) is 0. The van der Waals surface area contributed by atoms with Gasteiger partial charge >= 0.3 is 5.97 Å². The smallest absolute Gasteiger partial charge is 0.311 e. The highest BCUT2D eigenvalue weighted by Gasteiger charge is 2.43. The molecular formula is C26H25ClN2O4S. The maximum atomic E-state index is 13.2. The van der Waals surface area contributed by atoms with Crippen LogP contribution in [0.5, 0.6) is 0 Å². The molecule has 4 rings (SSSR count). The highest BCUT2D eigenvalue weighted by atomic mass is 35.5. The Bertz CT molecular complexity index is 1190. The number of thiophene rings is 1. The lowest BCUT2D eigenvalue weighted by atomic mass is 9.87. The lowest BCUT2D eigenvalue weighted by Crippen LogP contribution is -2.46. The van der Waals surface area contributed by atoms with Crippen molar-refractivity contribution in [2.24, 2.45) is 5.92 Å². The van der Waals surface area contributed by atoms with Crippen molar-refractivity contribution in [2.75, 3.05) is 16.8 Å². The van der Waals surface area contributed by atoms with Gasteiger partial charge in [0.1, 0.15) is 0 Å². The molecule has 1 fully saturated rings. The number of benzene rings is 2. The first-order valence-electron chi connectivity index (χ1n) is 11.0. The molecule has 1 aromatic heterocycles. The van der Waals surface area contributed by atoms with E-state index < -0.39 is 30.4 Å². The van der Waals surface area contributed by atoms with E-state index in [2.05, 4.69) is 5.32 Å². The van der Waals surface area contributed by atoms with Gasteiger partial charge in [-0.1, -0.05) is 41.4 Å².